The molecule has 6 heteroatoms. The SMILES string of the molecule is CN([C@@H](C(=O)NCc1ccccc1)c1ccccc1)S(C)(=O)=O. The Balaban J connectivity index is 2.21. The number of nitrogens with one attached hydrogen (secondary N) is 1. The van der Waals surface area contributed by atoms with E-state index in [0.29, 0.717) is 12.1 Å². The lowest BCUT2D eigenvalue weighted by atomic mass is 10.1. The lowest BCUT2D eigenvalue weighted by molar-refractivity contribution is -0.124. The molecule has 0 aliphatic rings. The van der Waals surface area contributed by atoms with Gasteiger partial charge in [-0.1, -0.05) is 60.7 Å². The summed E-state index contributed by atoms with van der Waals surface area (Å²) in [6.45, 7) is 0.348. The first-order chi connectivity index (χ1) is 10.9. The number of carbonyl (C=O) groups excluding carboxylic acids is 1. The number of carbonyl (C=O) groups is 1. The van der Waals surface area contributed by atoms with Crippen LogP contribution in [0.4, 0.5) is 0 Å². The predicted octanol–water partition coefficient (Wildman–Crippen LogP) is 1.94. The van der Waals surface area contributed by atoms with Crippen LogP contribution >= 0.6 is 0 Å². The van der Waals surface area contributed by atoms with Crippen LogP contribution in [-0.4, -0.2) is 31.9 Å². The predicted molar refractivity (Wildman–Crippen MR) is 90.1 cm³/mol. The Kier molecular flexibility index (Phi) is 5.52. The molecule has 0 radical (unpaired) electrons. The van der Waals surface area contributed by atoms with Gasteiger partial charge in [0.2, 0.25) is 15.9 Å². The second-order valence-electron chi connectivity index (χ2n) is 5.30. The minimum absolute atomic E-state index is 0.348. The molecule has 1 atom stereocenters. The number of benzene rings is 2. The van der Waals surface area contributed by atoms with E-state index < -0.39 is 16.1 Å². The lowest BCUT2D eigenvalue weighted by Crippen LogP contribution is -2.41. The fourth-order valence-electron chi connectivity index (χ4n) is 2.23. The summed E-state index contributed by atoms with van der Waals surface area (Å²) in [7, 11) is -2.09. The molecule has 1 N–H and O–H groups in total. The Bertz CT molecular complexity index is 746. The molecule has 0 aliphatic carbocycles. The molecular weight excluding hydrogens is 312 g/mol. The van der Waals surface area contributed by atoms with Gasteiger partial charge in [0.05, 0.1) is 6.26 Å². The van der Waals surface area contributed by atoms with E-state index in [9.17, 15) is 13.2 Å². The fourth-order valence-corrected chi connectivity index (χ4v) is 2.84. The highest BCUT2D eigenvalue weighted by Gasteiger charge is 2.30. The number of rotatable bonds is 6. The lowest BCUT2D eigenvalue weighted by Gasteiger charge is -2.25. The summed E-state index contributed by atoms with van der Waals surface area (Å²) in [5.41, 5.74) is 1.58. The second kappa shape index (κ2) is 7.39. The third-order valence-electron chi connectivity index (χ3n) is 3.56. The van der Waals surface area contributed by atoms with E-state index in [1.165, 1.54) is 7.05 Å². The summed E-state index contributed by atoms with van der Waals surface area (Å²) in [6, 6.07) is 17.5. The van der Waals surface area contributed by atoms with Crippen molar-refractivity contribution in [3.05, 3.63) is 71.8 Å². The van der Waals surface area contributed by atoms with Gasteiger partial charge in [-0.05, 0) is 11.1 Å². The van der Waals surface area contributed by atoms with Crippen LogP contribution in [0.25, 0.3) is 0 Å². The van der Waals surface area contributed by atoms with Crippen molar-refractivity contribution in [1.82, 2.24) is 9.62 Å². The Labute approximate surface area is 137 Å². The topological polar surface area (TPSA) is 66.5 Å². The summed E-state index contributed by atoms with van der Waals surface area (Å²) >= 11 is 0. The first-order valence-electron chi connectivity index (χ1n) is 7.19. The number of hydrogen-bond acceptors (Lipinski definition) is 3. The molecule has 0 saturated heterocycles. The summed E-state index contributed by atoms with van der Waals surface area (Å²) in [5, 5.41) is 2.81. The highest BCUT2D eigenvalue weighted by molar-refractivity contribution is 7.88. The van der Waals surface area contributed by atoms with E-state index in [4.69, 9.17) is 0 Å². The van der Waals surface area contributed by atoms with Gasteiger partial charge in [-0.15, -0.1) is 0 Å². The molecule has 5 nitrogen and oxygen atoms in total. The molecule has 0 bridgehead atoms. The maximum atomic E-state index is 12.6. The average molecular weight is 332 g/mol. The van der Waals surface area contributed by atoms with Crippen LogP contribution in [-0.2, 0) is 21.4 Å². The zero-order chi connectivity index (χ0) is 16.9. The smallest absolute Gasteiger partial charge is 0.243 e. The molecule has 122 valence electrons. The molecule has 0 aromatic heterocycles. The van der Waals surface area contributed by atoms with Gasteiger partial charge < -0.3 is 5.32 Å². The van der Waals surface area contributed by atoms with Crippen molar-refractivity contribution in [3.63, 3.8) is 0 Å². The summed E-state index contributed by atoms with van der Waals surface area (Å²) in [5.74, 6) is -0.354. The zero-order valence-electron chi connectivity index (χ0n) is 13.1. The molecule has 2 aromatic rings. The molecule has 0 saturated carbocycles. The van der Waals surface area contributed by atoms with Crippen LogP contribution in [0.5, 0.6) is 0 Å². The van der Waals surface area contributed by atoms with Gasteiger partial charge in [-0.3, -0.25) is 4.79 Å². The molecule has 0 aliphatic heterocycles. The number of nitrogens with zero attached hydrogens (tertiary/aromatic N) is 1. The van der Waals surface area contributed by atoms with Crippen molar-refractivity contribution in [2.24, 2.45) is 0 Å². The number of sulfonamides is 1. The maximum absolute atomic E-state index is 12.6. The van der Waals surface area contributed by atoms with Crippen molar-refractivity contribution < 1.29 is 13.2 Å². The van der Waals surface area contributed by atoms with Crippen LogP contribution in [0.2, 0.25) is 0 Å². The minimum atomic E-state index is -3.51. The van der Waals surface area contributed by atoms with Crippen LogP contribution in [0.3, 0.4) is 0 Å². The Morgan fingerprint density at radius 1 is 1.04 bits per heavy atom. The summed E-state index contributed by atoms with van der Waals surface area (Å²) in [6.07, 6.45) is 1.09. The number of amides is 1. The normalized spacial score (nSPS) is 12.8. The van der Waals surface area contributed by atoms with Crippen LogP contribution in [0.1, 0.15) is 17.2 Å². The third kappa shape index (κ3) is 4.64. The van der Waals surface area contributed by atoms with Crippen LogP contribution in [0.15, 0.2) is 60.7 Å². The van der Waals surface area contributed by atoms with Crippen molar-refractivity contribution in [2.75, 3.05) is 13.3 Å². The number of likely N-dealkylation sites (N-methyl/N-ethyl adjacent to an activating group) is 1. The van der Waals surface area contributed by atoms with E-state index in [1.54, 1.807) is 24.3 Å². The quantitative estimate of drug-likeness (QED) is 0.879. The first-order valence-corrected chi connectivity index (χ1v) is 9.04. The molecule has 0 fully saturated rings. The minimum Gasteiger partial charge on any atom is -0.350 e. The van der Waals surface area contributed by atoms with Crippen molar-refractivity contribution in [1.29, 1.82) is 0 Å². The van der Waals surface area contributed by atoms with Crippen molar-refractivity contribution >= 4 is 15.9 Å². The van der Waals surface area contributed by atoms with E-state index in [0.717, 1.165) is 16.1 Å². The maximum Gasteiger partial charge on any atom is 0.243 e. The molecular formula is C17H20N2O3S. The second-order valence-corrected chi connectivity index (χ2v) is 7.34. The van der Waals surface area contributed by atoms with E-state index in [2.05, 4.69) is 5.32 Å². The van der Waals surface area contributed by atoms with Gasteiger partial charge in [0.1, 0.15) is 6.04 Å². The third-order valence-corrected chi connectivity index (χ3v) is 4.82. The fraction of sp³-hybridized carbons (Fsp3) is 0.235. The van der Waals surface area contributed by atoms with E-state index >= 15 is 0 Å². The Hall–Kier alpha value is -2.18. The van der Waals surface area contributed by atoms with Crippen LogP contribution < -0.4 is 5.32 Å². The molecule has 0 spiro atoms. The van der Waals surface area contributed by atoms with Crippen molar-refractivity contribution in [2.45, 2.75) is 12.6 Å². The Morgan fingerprint density at radius 2 is 1.57 bits per heavy atom. The molecule has 1 amide bonds. The largest absolute Gasteiger partial charge is 0.350 e. The van der Waals surface area contributed by atoms with E-state index in [1.807, 2.05) is 36.4 Å². The molecule has 23 heavy (non-hydrogen) atoms. The first kappa shape index (κ1) is 17.2. The highest BCUT2D eigenvalue weighted by Crippen LogP contribution is 2.22. The van der Waals surface area contributed by atoms with Gasteiger partial charge in [0.25, 0.3) is 0 Å². The van der Waals surface area contributed by atoms with Gasteiger partial charge >= 0.3 is 0 Å². The highest BCUT2D eigenvalue weighted by atomic mass is 32.2. The van der Waals surface area contributed by atoms with Crippen LogP contribution in [0, 0.1) is 0 Å². The average Bonchev–Trinajstić information content (AvgIpc) is 2.54. The molecule has 0 unspecified atom stereocenters. The summed E-state index contributed by atoms with van der Waals surface area (Å²) in [4.78, 5) is 12.6. The van der Waals surface area contributed by atoms with Gasteiger partial charge in [-0.2, -0.15) is 4.31 Å². The van der Waals surface area contributed by atoms with Gasteiger partial charge in [0, 0.05) is 13.6 Å². The van der Waals surface area contributed by atoms with Gasteiger partial charge in [-0.25, -0.2) is 8.42 Å². The summed E-state index contributed by atoms with van der Waals surface area (Å²) < 4.78 is 24.8. The van der Waals surface area contributed by atoms with E-state index in [-0.39, 0.29) is 5.91 Å². The molecule has 2 aromatic carbocycles. The standard InChI is InChI=1S/C17H20N2O3S/c1-19(23(2,21)22)16(15-11-7-4-8-12-15)17(20)18-13-14-9-5-3-6-10-14/h3-12,16H,13H2,1-2H3,(H,18,20)/t16-/m1/s1. The Morgan fingerprint density at radius 3 is 2.09 bits per heavy atom. The molecule has 0 heterocycles. The molecule has 2 rings (SSSR count). The number of hydrogen-bond donors (Lipinski definition) is 1. The van der Waals surface area contributed by atoms with Crippen molar-refractivity contribution in [3.8, 4) is 0 Å². The monoisotopic (exact) mass is 332 g/mol. The zero-order valence-corrected chi connectivity index (χ0v) is 14.0. The van der Waals surface area contributed by atoms with Gasteiger partial charge in [0.15, 0.2) is 0 Å².